The minimum Gasteiger partial charge on any atom is -0.490 e. The molecule has 0 unspecified atom stereocenters. The number of anilines is 1. The zero-order valence-corrected chi connectivity index (χ0v) is 21.4. The third kappa shape index (κ3) is 5.83. The van der Waals surface area contributed by atoms with E-state index in [4.69, 9.17) is 38.0 Å². The molecule has 1 aliphatic rings. The second-order valence-electron chi connectivity index (χ2n) is 7.50. The number of ether oxygens (including phenoxy) is 3. The maximum Gasteiger partial charge on any atom is 0.325 e. The summed E-state index contributed by atoms with van der Waals surface area (Å²) >= 11 is 12.1. The van der Waals surface area contributed by atoms with E-state index in [1.807, 2.05) is 31.2 Å². The Kier molecular flexibility index (Phi) is 8.89. The topological polar surface area (TPSA) is 68.3 Å². The highest BCUT2D eigenvalue weighted by atomic mass is 35.5. The fourth-order valence-corrected chi connectivity index (χ4v) is 4.13. The molecule has 0 atom stereocenters. The van der Waals surface area contributed by atoms with Crippen molar-refractivity contribution in [3.8, 4) is 11.5 Å². The summed E-state index contributed by atoms with van der Waals surface area (Å²) in [7, 11) is 1.28. The van der Waals surface area contributed by atoms with Crippen molar-refractivity contribution >= 4 is 52.6 Å². The first-order valence-corrected chi connectivity index (χ1v) is 11.9. The number of thiocarbonyl (C=S) groups is 1. The normalized spacial score (nSPS) is 14.5. The number of hydrogen-bond donors (Lipinski definition) is 0. The van der Waals surface area contributed by atoms with Gasteiger partial charge in [0.1, 0.15) is 18.8 Å². The number of amides is 1. The van der Waals surface area contributed by atoms with Crippen LogP contribution < -0.4 is 14.4 Å². The number of benzene rings is 2. The Balaban J connectivity index is 2.07. The lowest BCUT2D eigenvalue weighted by molar-refractivity contribution is -0.140. The molecule has 1 amide bonds. The number of esters is 1. The van der Waals surface area contributed by atoms with Crippen molar-refractivity contribution in [2.45, 2.75) is 20.3 Å². The van der Waals surface area contributed by atoms with Crippen LogP contribution in [0.25, 0.3) is 6.08 Å². The fourth-order valence-electron chi connectivity index (χ4n) is 3.51. The second-order valence-corrected chi connectivity index (χ2v) is 8.27. The van der Waals surface area contributed by atoms with Gasteiger partial charge in [-0.25, -0.2) is 0 Å². The summed E-state index contributed by atoms with van der Waals surface area (Å²) in [4.78, 5) is 28.5. The van der Waals surface area contributed by atoms with Gasteiger partial charge in [-0.05, 0) is 67.0 Å². The molecule has 0 bridgehead atoms. The molecule has 1 heterocycles. The van der Waals surface area contributed by atoms with Crippen molar-refractivity contribution in [3.05, 3.63) is 70.9 Å². The maximum atomic E-state index is 13.5. The molecular formula is C26H27ClN2O5S. The molecule has 7 nitrogen and oxygen atoms in total. The Morgan fingerprint density at radius 3 is 2.49 bits per heavy atom. The van der Waals surface area contributed by atoms with Crippen LogP contribution in [-0.2, 0) is 20.7 Å². The molecule has 0 radical (unpaired) electrons. The third-order valence-electron chi connectivity index (χ3n) is 5.23. The number of halogens is 1. The Labute approximate surface area is 215 Å². The first kappa shape index (κ1) is 26.2. The van der Waals surface area contributed by atoms with E-state index in [2.05, 4.69) is 13.5 Å². The number of aryl methyl sites for hydroxylation is 1. The molecule has 1 fully saturated rings. The molecule has 3 rings (SSSR count). The van der Waals surface area contributed by atoms with Gasteiger partial charge in [-0.1, -0.05) is 43.3 Å². The summed E-state index contributed by atoms with van der Waals surface area (Å²) in [6, 6.07) is 10.9. The first-order chi connectivity index (χ1) is 16.8. The molecule has 0 saturated carbocycles. The average Bonchev–Trinajstić information content (AvgIpc) is 3.07. The van der Waals surface area contributed by atoms with Crippen LogP contribution in [0, 0.1) is 0 Å². The van der Waals surface area contributed by atoms with E-state index in [-0.39, 0.29) is 29.9 Å². The van der Waals surface area contributed by atoms with E-state index < -0.39 is 5.97 Å². The highest BCUT2D eigenvalue weighted by Crippen LogP contribution is 2.38. The lowest BCUT2D eigenvalue weighted by Gasteiger charge is -2.19. The summed E-state index contributed by atoms with van der Waals surface area (Å²) in [5, 5.41) is 0.488. The summed E-state index contributed by atoms with van der Waals surface area (Å²) < 4.78 is 16.2. The van der Waals surface area contributed by atoms with E-state index in [9.17, 15) is 9.59 Å². The van der Waals surface area contributed by atoms with Crippen LogP contribution in [0.3, 0.4) is 0 Å². The van der Waals surface area contributed by atoms with Crippen LogP contribution in [0.2, 0.25) is 5.02 Å². The highest BCUT2D eigenvalue weighted by Gasteiger charge is 2.40. The maximum absolute atomic E-state index is 13.5. The lowest BCUT2D eigenvalue weighted by atomic mass is 10.1. The Hall–Kier alpha value is -3.36. The van der Waals surface area contributed by atoms with Crippen LogP contribution in [0.15, 0.2) is 54.8 Å². The fraction of sp³-hybridized carbons (Fsp3) is 0.269. The van der Waals surface area contributed by atoms with Crippen LogP contribution in [0.5, 0.6) is 11.5 Å². The molecule has 0 aliphatic carbocycles. The largest absolute Gasteiger partial charge is 0.490 e. The van der Waals surface area contributed by atoms with E-state index >= 15 is 0 Å². The SMILES string of the molecule is C=CCOc1c(Cl)cc(/C=C2/C(=O)N(c3ccc(CC)cc3)C(=S)N2CC(=O)OC)cc1OCC. The van der Waals surface area contributed by atoms with Gasteiger partial charge in [-0.3, -0.25) is 14.5 Å². The lowest BCUT2D eigenvalue weighted by Crippen LogP contribution is -2.35. The third-order valence-corrected chi connectivity index (χ3v) is 5.92. The summed E-state index contributed by atoms with van der Waals surface area (Å²) in [6.45, 7) is 7.97. The first-order valence-electron chi connectivity index (χ1n) is 11.1. The molecular weight excluding hydrogens is 488 g/mol. The number of hydrogen-bond acceptors (Lipinski definition) is 6. The molecule has 35 heavy (non-hydrogen) atoms. The molecule has 0 spiro atoms. The molecule has 2 aromatic rings. The second kappa shape index (κ2) is 11.9. The van der Waals surface area contributed by atoms with E-state index in [1.54, 1.807) is 24.3 Å². The quantitative estimate of drug-likeness (QED) is 0.191. The van der Waals surface area contributed by atoms with Gasteiger partial charge in [-0.2, -0.15) is 0 Å². The van der Waals surface area contributed by atoms with Gasteiger partial charge in [0, 0.05) is 0 Å². The highest BCUT2D eigenvalue weighted by molar-refractivity contribution is 7.80. The molecule has 2 aromatic carbocycles. The van der Waals surface area contributed by atoms with Gasteiger partial charge in [0.15, 0.2) is 16.6 Å². The van der Waals surface area contributed by atoms with Gasteiger partial charge in [0.25, 0.3) is 5.91 Å². The molecule has 9 heteroatoms. The minimum absolute atomic E-state index is 0.179. The Morgan fingerprint density at radius 2 is 1.89 bits per heavy atom. The minimum atomic E-state index is -0.532. The van der Waals surface area contributed by atoms with Crippen LogP contribution in [0.4, 0.5) is 5.69 Å². The Morgan fingerprint density at radius 1 is 1.17 bits per heavy atom. The van der Waals surface area contributed by atoms with E-state index in [1.165, 1.54) is 16.9 Å². The predicted molar refractivity (Wildman–Crippen MR) is 141 cm³/mol. The van der Waals surface area contributed by atoms with Crippen molar-refractivity contribution < 1.29 is 23.8 Å². The molecule has 1 saturated heterocycles. The standard InChI is InChI=1S/C26H27ClN2O5S/c1-5-12-34-24-20(27)13-18(15-22(24)33-7-3)14-21-25(31)29(19-10-8-17(6-2)9-11-19)26(35)28(21)16-23(30)32-4/h5,8-11,13-15H,1,6-7,12,16H2,2-4H3/b21-14-. The predicted octanol–water partition coefficient (Wildman–Crippen LogP) is 5.01. The number of methoxy groups -OCH3 is 1. The molecule has 0 N–H and O–H groups in total. The van der Waals surface area contributed by atoms with Gasteiger partial charge in [-0.15, -0.1) is 0 Å². The summed E-state index contributed by atoms with van der Waals surface area (Å²) in [5.74, 6) is -0.0965. The molecule has 184 valence electrons. The van der Waals surface area contributed by atoms with Gasteiger partial charge in [0.2, 0.25) is 0 Å². The average molecular weight is 515 g/mol. The number of nitrogens with zero attached hydrogens (tertiary/aromatic N) is 2. The van der Waals surface area contributed by atoms with Crippen LogP contribution >= 0.6 is 23.8 Å². The zero-order chi connectivity index (χ0) is 25.5. The van der Waals surface area contributed by atoms with E-state index in [0.29, 0.717) is 34.4 Å². The summed E-state index contributed by atoms with van der Waals surface area (Å²) in [6.07, 6.45) is 4.09. The number of carbonyl (C=O) groups excluding carboxylic acids is 2. The molecule has 0 aromatic heterocycles. The molecule has 1 aliphatic heterocycles. The number of carbonyl (C=O) groups is 2. The monoisotopic (exact) mass is 514 g/mol. The van der Waals surface area contributed by atoms with E-state index in [0.717, 1.165) is 12.0 Å². The smallest absolute Gasteiger partial charge is 0.325 e. The number of rotatable bonds is 10. The van der Waals surface area contributed by atoms with Gasteiger partial charge in [0.05, 0.1) is 24.4 Å². The van der Waals surface area contributed by atoms with Crippen molar-refractivity contribution in [2.75, 3.05) is 31.8 Å². The van der Waals surface area contributed by atoms with Crippen molar-refractivity contribution in [2.24, 2.45) is 0 Å². The Bertz CT molecular complexity index is 1160. The van der Waals surface area contributed by atoms with Crippen molar-refractivity contribution in [3.63, 3.8) is 0 Å². The van der Waals surface area contributed by atoms with Crippen molar-refractivity contribution in [1.29, 1.82) is 0 Å². The van der Waals surface area contributed by atoms with Crippen molar-refractivity contribution in [1.82, 2.24) is 4.90 Å². The summed E-state index contributed by atoms with van der Waals surface area (Å²) in [5.41, 5.74) is 2.52. The van der Waals surface area contributed by atoms with Gasteiger partial charge < -0.3 is 19.1 Å². The van der Waals surface area contributed by atoms with Gasteiger partial charge >= 0.3 is 5.97 Å². The van der Waals surface area contributed by atoms with Crippen LogP contribution in [0.1, 0.15) is 25.0 Å². The van der Waals surface area contributed by atoms with Crippen LogP contribution in [-0.4, -0.2) is 48.8 Å². The zero-order valence-electron chi connectivity index (χ0n) is 19.9.